The molecule has 2 atom stereocenters. The number of carbonyl (C=O) groups is 1. The molecule has 5 heteroatoms. The fourth-order valence-corrected chi connectivity index (χ4v) is 3.31. The monoisotopic (exact) mass is 277 g/mol. The maximum Gasteiger partial charge on any atom is 0.225 e. The van der Waals surface area contributed by atoms with Crippen LogP contribution in [-0.2, 0) is 9.53 Å². The molecule has 5 nitrogen and oxygen atoms in total. The minimum absolute atomic E-state index is 0.151. The van der Waals surface area contributed by atoms with Crippen LogP contribution in [0.1, 0.15) is 44.0 Å². The Balaban J connectivity index is 1.60. The number of amides is 1. The number of hydrogen-bond donors (Lipinski definition) is 0. The molecule has 110 valence electrons. The lowest BCUT2D eigenvalue weighted by Gasteiger charge is -2.34. The Morgan fingerprint density at radius 3 is 3.05 bits per heavy atom. The summed E-state index contributed by atoms with van der Waals surface area (Å²) in [5.41, 5.74) is 0. The highest BCUT2D eigenvalue weighted by molar-refractivity contribution is 5.76. The van der Waals surface area contributed by atoms with Gasteiger partial charge in [-0.3, -0.25) is 4.79 Å². The Morgan fingerprint density at radius 1 is 1.45 bits per heavy atom. The fraction of sp³-hybridized carbons (Fsp3) is 0.733. The molecule has 2 fully saturated rings. The van der Waals surface area contributed by atoms with Crippen molar-refractivity contribution >= 4 is 5.91 Å². The van der Waals surface area contributed by atoms with E-state index in [1.165, 1.54) is 0 Å². The second-order valence-corrected chi connectivity index (χ2v) is 5.86. The van der Waals surface area contributed by atoms with Crippen LogP contribution in [0, 0.1) is 6.92 Å². The third kappa shape index (κ3) is 2.87. The number of carbonyl (C=O) groups excluding carboxylic acids is 1. The molecule has 0 unspecified atom stereocenters. The molecule has 20 heavy (non-hydrogen) atoms. The van der Waals surface area contributed by atoms with E-state index in [2.05, 4.69) is 9.55 Å². The number of ether oxygens (including phenoxy) is 1. The summed E-state index contributed by atoms with van der Waals surface area (Å²) < 4.78 is 7.77. The number of piperidine rings is 1. The summed E-state index contributed by atoms with van der Waals surface area (Å²) >= 11 is 0. The van der Waals surface area contributed by atoms with Crippen molar-refractivity contribution in [3.63, 3.8) is 0 Å². The molecule has 0 aromatic carbocycles. The van der Waals surface area contributed by atoms with Crippen LogP contribution in [0.2, 0.25) is 0 Å². The highest BCUT2D eigenvalue weighted by Gasteiger charge is 2.28. The van der Waals surface area contributed by atoms with E-state index in [4.69, 9.17) is 4.74 Å². The first kappa shape index (κ1) is 13.6. The van der Waals surface area contributed by atoms with E-state index in [1.54, 1.807) is 0 Å². The number of rotatable bonds is 3. The SMILES string of the molecule is Cc1nccn1[C@H]1CCCN(C(=O)C[C@H]2CCCO2)C1. The third-order valence-corrected chi connectivity index (χ3v) is 4.43. The topological polar surface area (TPSA) is 47.4 Å². The smallest absolute Gasteiger partial charge is 0.225 e. The van der Waals surface area contributed by atoms with Crippen molar-refractivity contribution in [1.82, 2.24) is 14.5 Å². The Morgan fingerprint density at radius 2 is 2.35 bits per heavy atom. The van der Waals surface area contributed by atoms with Crippen LogP contribution in [0.25, 0.3) is 0 Å². The second-order valence-electron chi connectivity index (χ2n) is 5.86. The summed E-state index contributed by atoms with van der Waals surface area (Å²) in [7, 11) is 0. The van der Waals surface area contributed by atoms with Crippen molar-refractivity contribution in [3.8, 4) is 0 Å². The highest BCUT2D eigenvalue weighted by atomic mass is 16.5. The largest absolute Gasteiger partial charge is 0.378 e. The lowest BCUT2D eigenvalue weighted by Crippen LogP contribution is -2.41. The molecule has 2 saturated heterocycles. The van der Waals surface area contributed by atoms with Crippen LogP contribution in [-0.4, -0.2) is 46.2 Å². The summed E-state index contributed by atoms with van der Waals surface area (Å²) in [5.74, 6) is 1.28. The molecule has 1 aromatic rings. The average Bonchev–Trinajstić information content (AvgIpc) is 3.10. The van der Waals surface area contributed by atoms with E-state index in [9.17, 15) is 4.79 Å². The lowest BCUT2D eigenvalue weighted by molar-refractivity contribution is -0.135. The summed E-state index contributed by atoms with van der Waals surface area (Å²) in [6.45, 7) is 4.53. The van der Waals surface area contributed by atoms with E-state index >= 15 is 0 Å². The summed E-state index contributed by atoms with van der Waals surface area (Å²) in [5, 5.41) is 0. The van der Waals surface area contributed by atoms with Gasteiger partial charge in [0.1, 0.15) is 5.82 Å². The average molecular weight is 277 g/mol. The first-order chi connectivity index (χ1) is 9.74. The molecule has 1 amide bonds. The van der Waals surface area contributed by atoms with E-state index in [1.807, 2.05) is 24.2 Å². The molecule has 0 spiro atoms. The molecule has 2 aliphatic rings. The molecule has 2 aliphatic heterocycles. The van der Waals surface area contributed by atoms with Crippen LogP contribution in [0.15, 0.2) is 12.4 Å². The third-order valence-electron chi connectivity index (χ3n) is 4.43. The number of hydrogen-bond acceptors (Lipinski definition) is 3. The molecule has 0 radical (unpaired) electrons. The van der Waals surface area contributed by atoms with Gasteiger partial charge in [0.2, 0.25) is 5.91 Å². The van der Waals surface area contributed by atoms with Gasteiger partial charge in [-0.2, -0.15) is 0 Å². The quantitative estimate of drug-likeness (QED) is 0.848. The Labute approximate surface area is 119 Å². The Kier molecular flexibility index (Phi) is 4.05. The van der Waals surface area contributed by atoms with Gasteiger partial charge in [-0.1, -0.05) is 0 Å². The number of aromatic nitrogens is 2. The van der Waals surface area contributed by atoms with Crippen molar-refractivity contribution in [3.05, 3.63) is 18.2 Å². The summed E-state index contributed by atoms with van der Waals surface area (Å²) in [6.07, 6.45) is 8.88. The van der Waals surface area contributed by atoms with Gasteiger partial charge in [0.05, 0.1) is 18.6 Å². The van der Waals surface area contributed by atoms with Gasteiger partial charge in [-0.05, 0) is 32.6 Å². The second kappa shape index (κ2) is 5.95. The van der Waals surface area contributed by atoms with Gasteiger partial charge in [-0.15, -0.1) is 0 Å². The predicted molar refractivity (Wildman–Crippen MR) is 75.4 cm³/mol. The van der Waals surface area contributed by atoms with Crippen LogP contribution in [0.4, 0.5) is 0 Å². The van der Waals surface area contributed by atoms with Crippen LogP contribution < -0.4 is 0 Å². The van der Waals surface area contributed by atoms with Crippen molar-refractivity contribution in [1.29, 1.82) is 0 Å². The molecular formula is C15H23N3O2. The molecule has 1 aromatic heterocycles. The molecule has 0 N–H and O–H groups in total. The Bertz CT molecular complexity index is 465. The molecule has 0 saturated carbocycles. The van der Waals surface area contributed by atoms with E-state index in [0.29, 0.717) is 12.5 Å². The summed E-state index contributed by atoms with van der Waals surface area (Å²) in [6, 6.07) is 0.375. The van der Waals surface area contributed by atoms with Crippen molar-refractivity contribution in [2.24, 2.45) is 0 Å². The van der Waals surface area contributed by atoms with Gasteiger partial charge in [0, 0.05) is 32.1 Å². The van der Waals surface area contributed by atoms with Gasteiger partial charge in [0.25, 0.3) is 0 Å². The minimum Gasteiger partial charge on any atom is -0.378 e. The van der Waals surface area contributed by atoms with Crippen molar-refractivity contribution in [2.45, 2.75) is 51.2 Å². The van der Waals surface area contributed by atoms with Gasteiger partial charge in [-0.25, -0.2) is 4.98 Å². The standard InChI is InChI=1S/C15H23N3O2/c1-12-16-6-8-18(12)13-4-2-7-17(11-13)15(19)10-14-5-3-9-20-14/h6,8,13-14H,2-5,7,9-11H2,1H3/t13-,14+/m0/s1. The molecule has 0 bridgehead atoms. The minimum atomic E-state index is 0.151. The number of imidazole rings is 1. The van der Waals surface area contributed by atoms with Crippen molar-refractivity contribution < 1.29 is 9.53 Å². The van der Waals surface area contributed by atoms with E-state index in [0.717, 1.165) is 51.2 Å². The predicted octanol–water partition coefficient (Wildman–Crippen LogP) is 1.92. The zero-order valence-corrected chi connectivity index (χ0v) is 12.1. The van der Waals surface area contributed by atoms with Gasteiger partial charge < -0.3 is 14.2 Å². The van der Waals surface area contributed by atoms with Crippen molar-refractivity contribution in [2.75, 3.05) is 19.7 Å². The lowest BCUT2D eigenvalue weighted by atomic mass is 10.0. The molecule has 3 heterocycles. The highest BCUT2D eigenvalue weighted by Crippen LogP contribution is 2.24. The fourth-order valence-electron chi connectivity index (χ4n) is 3.31. The van der Waals surface area contributed by atoms with Crippen LogP contribution >= 0.6 is 0 Å². The van der Waals surface area contributed by atoms with Gasteiger partial charge in [0.15, 0.2) is 0 Å². The molecular weight excluding hydrogens is 254 g/mol. The molecule has 3 rings (SSSR count). The van der Waals surface area contributed by atoms with Gasteiger partial charge >= 0.3 is 0 Å². The first-order valence-electron chi connectivity index (χ1n) is 7.63. The maximum atomic E-state index is 12.4. The maximum absolute atomic E-state index is 12.4. The van der Waals surface area contributed by atoms with Crippen LogP contribution in [0.3, 0.4) is 0 Å². The number of nitrogens with zero attached hydrogens (tertiary/aromatic N) is 3. The summed E-state index contributed by atoms with van der Waals surface area (Å²) in [4.78, 5) is 18.7. The normalized spacial score (nSPS) is 26.9. The number of aryl methyl sites for hydroxylation is 1. The zero-order valence-electron chi connectivity index (χ0n) is 12.1. The van der Waals surface area contributed by atoms with Crippen LogP contribution in [0.5, 0.6) is 0 Å². The molecule has 0 aliphatic carbocycles. The van der Waals surface area contributed by atoms with E-state index in [-0.39, 0.29) is 12.0 Å². The number of likely N-dealkylation sites (tertiary alicyclic amines) is 1. The van der Waals surface area contributed by atoms with E-state index < -0.39 is 0 Å². The Hall–Kier alpha value is -1.36. The zero-order chi connectivity index (χ0) is 13.9. The first-order valence-corrected chi connectivity index (χ1v) is 7.63.